The summed E-state index contributed by atoms with van der Waals surface area (Å²) in [4.78, 5) is 13.5. The SMILES string of the molecule is CC(C)Oc1ccn(CC(=O)[C@H]2CC[C@H]3[C@@H]4CC[C@@H]5C[C@](C)(O)CC[C@]5(C)[C@H]4CC[C@]23C)c1. The minimum Gasteiger partial charge on any atom is -0.489 e. The second-order valence-corrected chi connectivity index (χ2v) is 13.2. The first kappa shape index (κ1) is 23.5. The van der Waals surface area contributed by atoms with Crippen LogP contribution in [-0.4, -0.2) is 27.2 Å². The van der Waals surface area contributed by atoms with Crippen molar-refractivity contribution in [1.82, 2.24) is 4.57 Å². The fraction of sp³-hybridized carbons (Fsp3) is 0.828. The number of nitrogens with zero attached hydrogens (tertiary/aromatic N) is 1. The highest BCUT2D eigenvalue weighted by Crippen LogP contribution is 2.68. The molecule has 4 aliphatic carbocycles. The summed E-state index contributed by atoms with van der Waals surface area (Å²) in [5.74, 6) is 4.36. The molecule has 8 atom stereocenters. The van der Waals surface area contributed by atoms with E-state index in [2.05, 4.69) is 13.8 Å². The van der Waals surface area contributed by atoms with Crippen molar-refractivity contribution in [3.8, 4) is 5.75 Å². The first-order valence-electron chi connectivity index (χ1n) is 13.6. The summed E-state index contributed by atoms with van der Waals surface area (Å²) in [7, 11) is 0. The van der Waals surface area contributed by atoms with Crippen LogP contribution in [-0.2, 0) is 11.3 Å². The van der Waals surface area contributed by atoms with E-state index in [4.69, 9.17) is 4.74 Å². The topological polar surface area (TPSA) is 51.5 Å². The van der Waals surface area contributed by atoms with E-state index in [1.165, 1.54) is 38.5 Å². The predicted octanol–water partition coefficient (Wildman–Crippen LogP) is 6.25. The maximum Gasteiger partial charge on any atom is 0.156 e. The van der Waals surface area contributed by atoms with Gasteiger partial charge in [-0.05, 0) is 119 Å². The lowest BCUT2D eigenvalue weighted by atomic mass is 9.44. The molecule has 4 heteroatoms. The molecule has 33 heavy (non-hydrogen) atoms. The number of carbonyl (C=O) groups excluding carboxylic acids is 1. The molecule has 0 radical (unpaired) electrons. The average molecular weight is 456 g/mol. The highest BCUT2D eigenvalue weighted by Gasteiger charge is 2.61. The van der Waals surface area contributed by atoms with Crippen LogP contribution in [0.2, 0.25) is 0 Å². The molecule has 1 heterocycles. The van der Waals surface area contributed by atoms with Gasteiger partial charge in [-0.15, -0.1) is 0 Å². The van der Waals surface area contributed by atoms with Crippen LogP contribution in [0.15, 0.2) is 18.5 Å². The lowest BCUT2D eigenvalue weighted by Gasteiger charge is -2.61. The number of Topliss-reactive ketones (excluding diaryl/α,β-unsaturated/α-hetero) is 1. The molecule has 4 aliphatic rings. The molecule has 1 aromatic rings. The van der Waals surface area contributed by atoms with Gasteiger partial charge in [0.2, 0.25) is 0 Å². The van der Waals surface area contributed by atoms with E-state index in [1.807, 2.05) is 43.8 Å². The van der Waals surface area contributed by atoms with Gasteiger partial charge in [-0.2, -0.15) is 0 Å². The Hall–Kier alpha value is -1.29. The Morgan fingerprint density at radius 1 is 1.06 bits per heavy atom. The lowest BCUT2D eigenvalue weighted by molar-refractivity contribution is -0.151. The van der Waals surface area contributed by atoms with Gasteiger partial charge >= 0.3 is 0 Å². The summed E-state index contributed by atoms with van der Waals surface area (Å²) in [5.41, 5.74) is 0.0716. The molecule has 4 saturated carbocycles. The van der Waals surface area contributed by atoms with Crippen LogP contribution in [0, 0.1) is 40.4 Å². The van der Waals surface area contributed by atoms with Gasteiger partial charge in [0.05, 0.1) is 18.2 Å². The molecule has 0 spiro atoms. The van der Waals surface area contributed by atoms with Crippen LogP contribution in [0.5, 0.6) is 5.75 Å². The summed E-state index contributed by atoms with van der Waals surface area (Å²) in [6.07, 6.45) is 14.5. The minimum absolute atomic E-state index is 0.147. The second kappa shape index (κ2) is 8.14. The summed E-state index contributed by atoms with van der Waals surface area (Å²) >= 11 is 0. The highest BCUT2D eigenvalue weighted by molar-refractivity contribution is 5.82. The molecule has 1 N–H and O–H groups in total. The molecule has 5 rings (SSSR count). The third-order valence-electron chi connectivity index (χ3n) is 10.8. The number of carbonyl (C=O) groups is 1. The van der Waals surface area contributed by atoms with E-state index < -0.39 is 5.60 Å². The van der Waals surface area contributed by atoms with Crippen molar-refractivity contribution >= 4 is 5.78 Å². The van der Waals surface area contributed by atoms with Crippen LogP contribution >= 0.6 is 0 Å². The summed E-state index contributed by atoms with van der Waals surface area (Å²) in [6, 6.07) is 1.97. The molecule has 0 bridgehead atoms. The maximum atomic E-state index is 13.5. The van der Waals surface area contributed by atoms with Gasteiger partial charge in [0.1, 0.15) is 5.75 Å². The van der Waals surface area contributed by atoms with Crippen molar-refractivity contribution in [2.75, 3.05) is 0 Å². The van der Waals surface area contributed by atoms with E-state index in [-0.39, 0.29) is 17.4 Å². The lowest BCUT2D eigenvalue weighted by Crippen LogP contribution is -2.55. The average Bonchev–Trinajstić information content (AvgIpc) is 3.31. The molecule has 1 aromatic heterocycles. The number of rotatable bonds is 5. The number of aliphatic hydroxyl groups is 1. The summed E-state index contributed by atoms with van der Waals surface area (Å²) < 4.78 is 7.80. The van der Waals surface area contributed by atoms with Gasteiger partial charge in [0, 0.05) is 18.3 Å². The van der Waals surface area contributed by atoms with E-state index in [0.717, 1.165) is 36.8 Å². The molecule has 0 unspecified atom stereocenters. The third-order valence-corrected chi connectivity index (χ3v) is 10.8. The molecular formula is C29H45NO3. The Kier molecular flexibility index (Phi) is 5.78. The quantitative estimate of drug-likeness (QED) is 0.570. The Bertz CT molecular complexity index is 887. The van der Waals surface area contributed by atoms with E-state index in [1.54, 1.807) is 0 Å². The van der Waals surface area contributed by atoms with Crippen LogP contribution < -0.4 is 4.74 Å². The van der Waals surface area contributed by atoms with E-state index in [0.29, 0.717) is 29.6 Å². The largest absolute Gasteiger partial charge is 0.489 e. The third kappa shape index (κ3) is 3.98. The summed E-state index contributed by atoms with van der Waals surface area (Å²) in [6.45, 7) is 11.6. The Balaban J connectivity index is 1.29. The fourth-order valence-electron chi connectivity index (χ4n) is 9.11. The second-order valence-electron chi connectivity index (χ2n) is 13.2. The number of ketones is 1. The highest BCUT2D eigenvalue weighted by atomic mass is 16.5. The zero-order valence-corrected chi connectivity index (χ0v) is 21.5. The van der Waals surface area contributed by atoms with Crippen molar-refractivity contribution in [2.45, 2.75) is 111 Å². The van der Waals surface area contributed by atoms with Crippen molar-refractivity contribution in [3.05, 3.63) is 18.5 Å². The van der Waals surface area contributed by atoms with Gasteiger partial charge in [-0.3, -0.25) is 4.79 Å². The molecular weight excluding hydrogens is 410 g/mol. The number of hydrogen-bond acceptors (Lipinski definition) is 3. The van der Waals surface area contributed by atoms with Crippen LogP contribution in [0.25, 0.3) is 0 Å². The molecule has 4 nitrogen and oxygen atoms in total. The van der Waals surface area contributed by atoms with Crippen molar-refractivity contribution in [2.24, 2.45) is 40.4 Å². The Morgan fingerprint density at radius 2 is 1.82 bits per heavy atom. The number of aromatic nitrogens is 1. The van der Waals surface area contributed by atoms with Crippen LogP contribution in [0.4, 0.5) is 0 Å². The molecule has 0 aromatic carbocycles. The Labute approximate surface area is 200 Å². The summed E-state index contributed by atoms with van der Waals surface area (Å²) in [5, 5.41) is 10.7. The van der Waals surface area contributed by atoms with E-state index in [9.17, 15) is 9.90 Å². The van der Waals surface area contributed by atoms with Crippen molar-refractivity contribution in [1.29, 1.82) is 0 Å². The first-order chi connectivity index (χ1) is 15.5. The van der Waals surface area contributed by atoms with Crippen molar-refractivity contribution in [3.63, 3.8) is 0 Å². The smallest absolute Gasteiger partial charge is 0.156 e. The van der Waals surface area contributed by atoms with Gasteiger partial charge in [0.15, 0.2) is 5.78 Å². The molecule has 0 aliphatic heterocycles. The number of ether oxygens (including phenoxy) is 1. The molecule has 0 amide bonds. The van der Waals surface area contributed by atoms with Crippen LogP contribution in [0.3, 0.4) is 0 Å². The first-order valence-corrected chi connectivity index (χ1v) is 13.6. The fourth-order valence-corrected chi connectivity index (χ4v) is 9.11. The van der Waals surface area contributed by atoms with Gasteiger partial charge < -0.3 is 14.4 Å². The predicted molar refractivity (Wildman–Crippen MR) is 131 cm³/mol. The molecule has 184 valence electrons. The zero-order chi connectivity index (χ0) is 23.6. The van der Waals surface area contributed by atoms with Gasteiger partial charge in [0.25, 0.3) is 0 Å². The zero-order valence-electron chi connectivity index (χ0n) is 21.5. The number of hydrogen-bond donors (Lipinski definition) is 1. The van der Waals surface area contributed by atoms with E-state index >= 15 is 0 Å². The maximum absolute atomic E-state index is 13.5. The minimum atomic E-state index is -0.469. The standard InChI is InChI=1S/C29H45NO3/c1-19(2)33-21-11-15-30(17-21)18-26(31)25-9-8-23-22-7-6-20-16-27(3,32)13-14-28(20,4)24(22)10-12-29(23,25)5/h11,15,17,19-20,22-25,32H,6-10,12-14,16,18H2,1-5H3/t20-,22+,23+,24+,25-,27-,28+,29+/m1/s1. The van der Waals surface area contributed by atoms with Gasteiger partial charge in [-0.25, -0.2) is 0 Å². The van der Waals surface area contributed by atoms with Crippen LogP contribution in [0.1, 0.15) is 92.4 Å². The molecule has 4 fully saturated rings. The van der Waals surface area contributed by atoms with Gasteiger partial charge in [-0.1, -0.05) is 13.8 Å². The monoisotopic (exact) mass is 455 g/mol. The number of fused-ring (bicyclic) bond motifs is 5. The molecule has 0 saturated heterocycles. The Morgan fingerprint density at radius 3 is 2.58 bits per heavy atom. The normalized spacial score (nSPS) is 44.8. The van der Waals surface area contributed by atoms with Crippen molar-refractivity contribution < 1.29 is 14.6 Å².